The van der Waals surface area contributed by atoms with Gasteiger partial charge < -0.3 is 19.0 Å². The maximum Gasteiger partial charge on any atom is 0.251 e. The normalized spacial score (nSPS) is 18.7. The molecule has 3 aromatic carbocycles. The van der Waals surface area contributed by atoms with E-state index in [-0.39, 0.29) is 18.2 Å². The number of fused-ring (bicyclic) bond motifs is 6. The molecule has 3 heterocycles. The van der Waals surface area contributed by atoms with Crippen molar-refractivity contribution in [3.8, 4) is 16.9 Å². The Kier molecular flexibility index (Phi) is 4.87. The van der Waals surface area contributed by atoms with Crippen molar-refractivity contribution in [2.75, 3.05) is 0 Å². The highest BCUT2D eigenvalue weighted by Crippen LogP contribution is 2.43. The molecular weight excluding hydrogens is 486 g/mol. The molecule has 7 heteroatoms. The molecule has 0 amide bonds. The minimum atomic E-state index is -1.52. The number of nitrogens with zero attached hydrogens (tertiary/aromatic N) is 3. The Morgan fingerprint density at radius 3 is 2.65 bits per heavy atom. The van der Waals surface area contributed by atoms with Crippen molar-refractivity contribution >= 4 is 22.5 Å². The van der Waals surface area contributed by atoms with Gasteiger partial charge in [-0.05, 0) is 71.5 Å². The highest BCUT2D eigenvalue weighted by atomic mass is 35.5. The van der Waals surface area contributed by atoms with Gasteiger partial charge >= 0.3 is 0 Å². The van der Waals surface area contributed by atoms with Gasteiger partial charge in [0.05, 0.1) is 23.7 Å². The molecule has 184 valence electrons. The summed E-state index contributed by atoms with van der Waals surface area (Å²) in [7, 11) is 1.86. The van der Waals surface area contributed by atoms with E-state index in [1.54, 1.807) is 24.7 Å². The number of halogens is 1. The van der Waals surface area contributed by atoms with Crippen LogP contribution in [-0.4, -0.2) is 19.2 Å². The molecule has 1 atom stereocenters. The van der Waals surface area contributed by atoms with Crippen molar-refractivity contribution in [2.45, 2.75) is 31.1 Å². The predicted octanol–water partition coefficient (Wildman–Crippen LogP) is 5.57. The van der Waals surface area contributed by atoms with Gasteiger partial charge in [0.2, 0.25) is 0 Å². The fraction of sp³-hybridized carbons (Fsp3) is 0.200. The van der Waals surface area contributed by atoms with E-state index in [1.807, 2.05) is 70.8 Å². The van der Waals surface area contributed by atoms with Crippen molar-refractivity contribution in [3.05, 3.63) is 117 Å². The van der Waals surface area contributed by atoms with Gasteiger partial charge in [0.25, 0.3) is 5.56 Å². The second-order valence-corrected chi connectivity index (χ2v) is 10.4. The lowest BCUT2D eigenvalue weighted by atomic mass is 9.82. The lowest BCUT2D eigenvalue weighted by molar-refractivity contribution is 0.117. The Balaban J connectivity index is 1.61. The van der Waals surface area contributed by atoms with Gasteiger partial charge in [0, 0.05) is 35.1 Å². The number of aryl methyl sites for hydroxylation is 1. The van der Waals surface area contributed by atoms with E-state index >= 15 is 0 Å². The van der Waals surface area contributed by atoms with Crippen LogP contribution in [0.4, 0.5) is 0 Å². The summed E-state index contributed by atoms with van der Waals surface area (Å²) < 4.78 is 9.87. The second-order valence-electron chi connectivity index (χ2n) is 9.95. The van der Waals surface area contributed by atoms with E-state index in [1.165, 1.54) is 0 Å². The van der Waals surface area contributed by atoms with Crippen LogP contribution in [0, 0.1) is 0 Å². The number of pyridine rings is 1. The van der Waals surface area contributed by atoms with Crippen LogP contribution >= 0.6 is 11.6 Å². The van der Waals surface area contributed by atoms with Gasteiger partial charge in [0.15, 0.2) is 5.60 Å². The fourth-order valence-electron chi connectivity index (χ4n) is 5.52. The summed E-state index contributed by atoms with van der Waals surface area (Å²) in [6.45, 7) is 0.230. The van der Waals surface area contributed by atoms with Gasteiger partial charge in [0.1, 0.15) is 12.4 Å². The zero-order chi connectivity index (χ0) is 25.3. The highest BCUT2D eigenvalue weighted by Gasteiger charge is 2.38. The quantitative estimate of drug-likeness (QED) is 0.338. The summed E-state index contributed by atoms with van der Waals surface area (Å²) in [5.74, 6) is 0.677. The Bertz CT molecular complexity index is 1770. The molecule has 7 rings (SSSR count). The topological polar surface area (TPSA) is 69.3 Å². The number of imidazole rings is 1. The van der Waals surface area contributed by atoms with E-state index in [0.29, 0.717) is 27.6 Å². The Labute approximate surface area is 218 Å². The summed E-state index contributed by atoms with van der Waals surface area (Å²) >= 11 is 6.57. The molecule has 37 heavy (non-hydrogen) atoms. The molecule has 1 fully saturated rings. The van der Waals surface area contributed by atoms with Gasteiger partial charge in [-0.2, -0.15) is 0 Å². The maximum atomic E-state index is 13.3. The summed E-state index contributed by atoms with van der Waals surface area (Å²) in [4.78, 5) is 17.6. The van der Waals surface area contributed by atoms with Gasteiger partial charge in [-0.1, -0.05) is 35.9 Å². The average Bonchev–Trinajstić information content (AvgIpc) is 3.65. The molecule has 6 nitrogen and oxygen atoms in total. The average molecular weight is 510 g/mol. The third-order valence-corrected chi connectivity index (χ3v) is 7.94. The molecule has 2 aliphatic rings. The second kappa shape index (κ2) is 8.07. The van der Waals surface area contributed by atoms with Gasteiger partial charge in [-0.25, -0.2) is 4.98 Å². The van der Waals surface area contributed by atoms with Crippen LogP contribution < -0.4 is 10.3 Å². The van der Waals surface area contributed by atoms with Crippen LogP contribution in [0.1, 0.15) is 41.3 Å². The van der Waals surface area contributed by atoms with Gasteiger partial charge in [-0.15, -0.1) is 0 Å². The lowest BCUT2D eigenvalue weighted by Gasteiger charge is -2.31. The zero-order valence-corrected chi connectivity index (χ0v) is 20.9. The van der Waals surface area contributed by atoms with E-state index in [2.05, 4.69) is 4.98 Å². The number of hydrogen-bond donors (Lipinski definition) is 1. The van der Waals surface area contributed by atoms with Crippen LogP contribution in [0.25, 0.3) is 22.0 Å². The maximum absolute atomic E-state index is 13.3. The molecule has 6 bridgehead atoms. The summed E-state index contributed by atoms with van der Waals surface area (Å²) in [6, 6.07) is 21.1. The van der Waals surface area contributed by atoms with Gasteiger partial charge in [-0.3, -0.25) is 4.79 Å². The molecule has 1 unspecified atom stereocenters. The fourth-order valence-corrected chi connectivity index (χ4v) is 5.69. The van der Waals surface area contributed by atoms with Crippen LogP contribution in [-0.2, 0) is 19.3 Å². The molecule has 0 spiro atoms. The van der Waals surface area contributed by atoms with Crippen molar-refractivity contribution < 1.29 is 9.84 Å². The van der Waals surface area contributed by atoms with Crippen molar-refractivity contribution in [3.63, 3.8) is 0 Å². The number of benzene rings is 3. The van der Waals surface area contributed by atoms with Crippen LogP contribution in [0.15, 0.2) is 84.0 Å². The molecule has 0 saturated heterocycles. The number of aromatic nitrogens is 3. The lowest BCUT2D eigenvalue weighted by Crippen LogP contribution is -2.31. The van der Waals surface area contributed by atoms with E-state index in [4.69, 9.17) is 16.3 Å². The number of ether oxygens (including phenoxy) is 1. The van der Waals surface area contributed by atoms with Crippen molar-refractivity contribution in [2.24, 2.45) is 7.05 Å². The van der Waals surface area contributed by atoms with E-state index in [0.717, 1.165) is 40.4 Å². The Hall–Kier alpha value is -3.87. The van der Waals surface area contributed by atoms with E-state index in [9.17, 15) is 9.90 Å². The minimum Gasteiger partial charge on any atom is -0.489 e. The monoisotopic (exact) mass is 509 g/mol. The summed E-state index contributed by atoms with van der Waals surface area (Å²) in [5, 5.41) is 14.1. The summed E-state index contributed by atoms with van der Waals surface area (Å²) in [5.41, 5.74) is 3.71. The smallest absolute Gasteiger partial charge is 0.251 e. The molecule has 2 aromatic heterocycles. The van der Waals surface area contributed by atoms with Crippen LogP contribution in [0.3, 0.4) is 0 Å². The molecule has 1 aliphatic heterocycles. The molecule has 0 radical (unpaired) electrons. The molecule has 5 aromatic rings. The molecule has 1 N–H and O–H groups in total. The van der Waals surface area contributed by atoms with Crippen LogP contribution in [0.5, 0.6) is 5.75 Å². The van der Waals surface area contributed by atoms with Crippen molar-refractivity contribution in [1.29, 1.82) is 0 Å². The number of hydrogen-bond acceptors (Lipinski definition) is 4. The molecule has 1 aliphatic carbocycles. The first-order valence-electron chi connectivity index (χ1n) is 12.3. The first-order valence-corrected chi connectivity index (χ1v) is 12.7. The van der Waals surface area contributed by atoms with Crippen molar-refractivity contribution in [1.82, 2.24) is 14.1 Å². The summed E-state index contributed by atoms with van der Waals surface area (Å²) in [6.07, 6.45) is 5.34. The first-order chi connectivity index (χ1) is 17.9. The Morgan fingerprint density at radius 1 is 1.05 bits per heavy atom. The van der Waals surface area contributed by atoms with E-state index < -0.39 is 5.60 Å². The zero-order valence-electron chi connectivity index (χ0n) is 20.2. The standard InChI is InChI=1S/C30H24ClN3O3/c1-33-17-32-15-28(33)30(36)20-5-9-26(31)19(11-20)16-37-23-4-2-3-18(12-23)24-14-29(35)34(22-7-8-22)27-10-6-21(30)13-25(24)27/h2-6,9-15,17,22,36H,7-8,16H2,1H3. The Morgan fingerprint density at radius 2 is 1.86 bits per heavy atom. The number of rotatable bonds is 2. The third-order valence-electron chi connectivity index (χ3n) is 7.57. The predicted molar refractivity (Wildman–Crippen MR) is 143 cm³/mol. The highest BCUT2D eigenvalue weighted by molar-refractivity contribution is 6.31. The SMILES string of the molecule is Cn1cncc1C1(O)c2ccc(Cl)c(c2)COc2cccc(c2)-c2cc(=O)n(C3CC3)c3ccc1cc23. The molecular formula is C30H24ClN3O3. The molecule has 1 saturated carbocycles. The largest absolute Gasteiger partial charge is 0.489 e. The number of aliphatic hydroxyl groups is 1. The minimum absolute atomic E-state index is 0.0197. The first kappa shape index (κ1) is 22.3. The third kappa shape index (κ3) is 3.44. The van der Waals surface area contributed by atoms with Crippen LogP contribution in [0.2, 0.25) is 5.02 Å².